The Balaban J connectivity index is 1.89. The normalized spacial score (nSPS) is 25.1. The summed E-state index contributed by atoms with van der Waals surface area (Å²) in [4.78, 5) is 0. The van der Waals surface area contributed by atoms with Gasteiger partial charge in [-0.25, -0.2) is 0 Å². The van der Waals surface area contributed by atoms with Gasteiger partial charge in [0.2, 0.25) is 0 Å². The zero-order valence-electron chi connectivity index (χ0n) is 11.4. The Morgan fingerprint density at radius 1 is 1.18 bits per heavy atom. The Hall–Kier alpha value is -0.820. The minimum Gasteiger partial charge on any atom is -0.313 e. The monoisotopic (exact) mass is 231 g/mol. The van der Waals surface area contributed by atoms with Crippen molar-refractivity contribution in [2.75, 3.05) is 6.54 Å². The Morgan fingerprint density at radius 2 is 1.88 bits per heavy atom. The van der Waals surface area contributed by atoms with Crippen molar-refractivity contribution in [1.82, 2.24) is 5.32 Å². The van der Waals surface area contributed by atoms with Gasteiger partial charge in [0.1, 0.15) is 0 Å². The smallest absolute Gasteiger partial charge is 0.00700 e. The quantitative estimate of drug-likeness (QED) is 0.832. The predicted octanol–water partition coefficient (Wildman–Crippen LogP) is 3.74. The summed E-state index contributed by atoms with van der Waals surface area (Å²) in [5.41, 5.74) is 1.66. The lowest BCUT2D eigenvalue weighted by Gasteiger charge is -2.27. The van der Waals surface area contributed by atoms with Crippen molar-refractivity contribution in [1.29, 1.82) is 0 Å². The molecule has 0 saturated heterocycles. The van der Waals surface area contributed by atoms with Gasteiger partial charge in [0.15, 0.2) is 0 Å². The molecular weight excluding hydrogens is 206 g/mol. The lowest BCUT2D eigenvalue weighted by atomic mass is 9.84. The van der Waals surface area contributed by atoms with Crippen molar-refractivity contribution in [2.24, 2.45) is 5.92 Å². The van der Waals surface area contributed by atoms with Gasteiger partial charge >= 0.3 is 0 Å². The first-order valence-electron chi connectivity index (χ1n) is 6.87. The van der Waals surface area contributed by atoms with Crippen molar-refractivity contribution in [3.05, 3.63) is 35.9 Å². The highest BCUT2D eigenvalue weighted by molar-refractivity contribution is 5.23. The van der Waals surface area contributed by atoms with Crippen molar-refractivity contribution >= 4 is 0 Å². The van der Waals surface area contributed by atoms with Crippen LogP contribution in [0.25, 0.3) is 0 Å². The van der Waals surface area contributed by atoms with Gasteiger partial charge < -0.3 is 5.32 Å². The molecule has 94 valence electrons. The minimum atomic E-state index is 0.229. The SMILES string of the molecule is CC1CCC(NCC(C)(C)c2ccccc2)C1. The first-order chi connectivity index (χ1) is 8.08. The Kier molecular flexibility index (Phi) is 3.88. The lowest BCUT2D eigenvalue weighted by molar-refractivity contribution is 0.413. The number of rotatable bonds is 4. The fraction of sp³-hybridized carbons (Fsp3) is 0.625. The van der Waals surface area contributed by atoms with Gasteiger partial charge in [-0.1, -0.05) is 51.1 Å². The van der Waals surface area contributed by atoms with Crippen LogP contribution in [0.1, 0.15) is 45.6 Å². The van der Waals surface area contributed by atoms with Gasteiger partial charge in [-0.2, -0.15) is 0 Å². The van der Waals surface area contributed by atoms with E-state index in [-0.39, 0.29) is 5.41 Å². The van der Waals surface area contributed by atoms with Crippen LogP contribution < -0.4 is 5.32 Å². The van der Waals surface area contributed by atoms with Crippen LogP contribution in [0.3, 0.4) is 0 Å². The van der Waals surface area contributed by atoms with Gasteiger partial charge in [0.05, 0.1) is 0 Å². The molecule has 1 aliphatic rings. The molecule has 0 heterocycles. The largest absolute Gasteiger partial charge is 0.313 e. The van der Waals surface area contributed by atoms with Crippen LogP contribution in [0, 0.1) is 5.92 Å². The summed E-state index contributed by atoms with van der Waals surface area (Å²) in [6.07, 6.45) is 4.10. The number of nitrogens with one attached hydrogen (secondary N) is 1. The van der Waals surface area contributed by atoms with Crippen molar-refractivity contribution in [2.45, 2.75) is 51.5 Å². The molecule has 0 bridgehead atoms. The average molecular weight is 231 g/mol. The van der Waals surface area contributed by atoms with Crippen molar-refractivity contribution < 1.29 is 0 Å². The minimum absolute atomic E-state index is 0.229. The van der Waals surface area contributed by atoms with E-state index in [1.165, 1.54) is 24.8 Å². The van der Waals surface area contributed by atoms with E-state index in [0.717, 1.165) is 18.5 Å². The van der Waals surface area contributed by atoms with Gasteiger partial charge in [-0.15, -0.1) is 0 Å². The van der Waals surface area contributed by atoms with E-state index in [0.29, 0.717) is 0 Å². The van der Waals surface area contributed by atoms with E-state index in [2.05, 4.69) is 56.4 Å². The molecule has 1 saturated carbocycles. The topological polar surface area (TPSA) is 12.0 Å². The Morgan fingerprint density at radius 3 is 2.47 bits per heavy atom. The molecule has 1 N–H and O–H groups in total. The molecule has 0 spiro atoms. The summed E-state index contributed by atoms with van der Waals surface area (Å²) in [6, 6.07) is 11.6. The maximum Gasteiger partial charge on any atom is 0.00700 e. The highest BCUT2D eigenvalue weighted by atomic mass is 14.9. The molecule has 1 aliphatic carbocycles. The predicted molar refractivity (Wildman–Crippen MR) is 74.3 cm³/mol. The molecule has 1 fully saturated rings. The number of hydrogen-bond acceptors (Lipinski definition) is 1. The Labute approximate surface area is 106 Å². The van der Waals surface area contributed by atoms with Gasteiger partial charge in [0.25, 0.3) is 0 Å². The second-order valence-corrected chi connectivity index (χ2v) is 6.25. The van der Waals surface area contributed by atoms with E-state index in [1.54, 1.807) is 0 Å². The lowest BCUT2D eigenvalue weighted by Crippen LogP contribution is -2.38. The average Bonchev–Trinajstić information content (AvgIpc) is 2.74. The highest BCUT2D eigenvalue weighted by Gasteiger charge is 2.25. The third-order valence-corrected chi connectivity index (χ3v) is 4.08. The molecular formula is C16H25N. The van der Waals surface area contributed by atoms with E-state index < -0.39 is 0 Å². The summed E-state index contributed by atoms with van der Waals surface area (Å²) >= 11 is 0. The molecule has 1 aromatic rings. The van der Waals surface area contributed by atoms with Gasteiger partial charge in [-0.05, 0) is 30.7 Å². The molecule has 1 heteroatoms. The second-order valence-electron chi connectivity index (χ2n) is 6.25. The third-order valence-electron chi connectivity index (χ3n) is 4.08. The van der Waals surface area contributed by atoms with Crippen LogP contribution in [0.4, 0.5) is 0 Å². The summed E-state index contributed by atoms with van der Waals surface area (Å²) in [5, 5.41) is 3.75. The summed E-state index contributed by atoms with van der Waals surface area (Å²) in [7, 11) is 0. The standard InChI is InChI=1S/C16H25N/c1-13-9-10-15(11-13)17-12-16(2,3)14-7-5-4-6-8-14/h4-8,13,15,17H,9-12H2,1-3H3. The molecule has 0 aromatic heterocycles. The molecule has 2 unspecified atom stereocenters. The molecule has 1 aromatic carbocycles. The number of benzene rings is 1. The zero-order valence-corrected chi connectivity index (χ0v) is 11.4. The molecule has 0 amide bonds. The number of hydrogen-bond donors (Lipinski definition) is 1. The van der Waals surface area contributed by atoms with Crippen molar-refractivity contribution in [3.63, 3.8) is 0 Å². The fourth-order valence-corrected chi connectivity index (χ4v) is 2.78. The van der Waals surface area contributed by atoms with Crippen LogP contribution in [0.15, 0.2) is 30.3 Å². The highest BCUT2D eigenvalue weighted by Crippen LogP contribution is 2.27. The maximum absolute atomic E-state index is 3.75. The second kappa shape index (κ2) is 5.22. The Bertz CT molecular complexity index is 342. The zero-order chi connectivity index (χ0) is 12.3. The molecule has 0 aliphatic heterocycles. The first kappa shape index (κ1) is 12.6. The maximum atomic E-state index is 3.75. The van der Waals surface area contributed by atoms with Crippen LogP contribution in [-0.4, -0.2) is 12.6 Å². The summed E-state index contributed by atoms with van der Waals surface area (Å²) < 4.78 is 0. The van der Waals surface area contributed by atoms with E-state index in [1.807, 2.05) is 0 Å². The van der Waals surface area contributed by atoms with E-state index in [4.69, 9.17) is 0 Å². The summed E-state index contributed by atoms with van der Waals surface area (Å²) in [5.74, 6) is 0.910. The summed E-state index contributed by atoms with van der Waals surface area (Å²) in [6.45, 7) is 8.10. The van der Waals surface area contributed by atoms with E-state index >= 15 is 0 Å². The van der Waals surface area contributed by atoms with Crippen LogP contribution >= 0.6 is 0 Å². The van der Waals surface area contributed by atoms with Gasteiger partial charge in [-0.3, -0.25) is 0 Å². The molecule has 2 atom stereocenters. The third kappa shape index (κ3) is 3.32. The first-order valence-corrected chi connectivity index (χ1v) is 6.87. The molecule has 17 heavy (non-hydrogen) atoms. The molecule has 2 rings (SSSR count). The van der Waals surface area contributed by atoms with Crippen LogP contribution in [0.5, 0.6) is 0 Å². The van der Waals surface area contributed by atoms with Gasteiger partial charge in [0, 0.05) is 18.0 Å². The molecule has 1 nitrogen and oxygen atoms in total. The van der Waals surface area contributed by atoms with Crippen molar-refractivity contribution in [3.8, 4) is 0 Å². The fourth-order valence-electron chi connectivity index (χ4n) is 2.78. The molecule has 0 radical (unpaired) electrons. The van der Waals surface area contributed by atoms with E-state index in [9.17, 15) is 0 Å². The van der Waals surface area contributed by atoms with Crippen LogP contribution in [-0.2, 0) is 5.41 Å². The van der Waals surface area contributed by atoms with Crippen LogP contribution in [0.2, 0.25) is 0 Å².